The molecule has 11 aromatic rings. The Morgan fingerprint density at radius 1 is 0.211 bits per heavy atom. The summed E-state index contributed by atoms with van der Waals surface area (Å²) in [7, 11) is 0. The molecule has 0 aliphatic carbocycles. The fourth-order valence-electron chi connectivity index (χ4n) is 8.55. The summed E-state index contributed by atoms with van der Waals surface area (Å²) in [5.41, 5.74) is 15.8. The molecule has 11 rings (SSSR count). The van der Waals surface area contributed by atoms with E-state index >= 15 is 0 Å². The second-order valence-electron chi connectivity index (χ2n) is 15.0. The molecule has 1 heteroatoms. The lowest BCUT2D eigenvalue weighted by Gasteiger charge is -2.11. The number of nitrogens with zero attached hydrogens (tertiary/aromatic N) is 1. The largest absolute Gasteiger partial charge is 0.309 e. The maximum atomic E-state index is 2.39. The summed E-state index contributed by atoms with van der Waals surface area (Å²) in [4.78, 5) is 0. The molecule has 266 valence electrons. The lowest BCUT2D eigenvalue weighted by Crippen LogP contribution is -1.93. The van der Waals surface area contributed by atoms with Crippen molar-refractivity contribution in [1.29, 1.82) is 0 Å². The zero-order valence-electron chi connectivity index (χ0n) is 31.3. The zero-order valence-corrected chi connectivity index (χ0v) is 31.3. The molecular formula is C56H37N. The highest BCUT2D eigenvalue weighted by molar-refractivity contribution is 6.10. The van der Waals surface area contributed by atoms with E-state index in [1.807, 2.05) is 0 Å². The van der Waals surface area contributed by atoms with Gasteiger partial charge in [0.05, 0.1) is 11.0 Å². The van der Waals surface area contributed by atoms with E-state index < -0.39 is 0 Å². The van der Waals surface area contributed by atoms with E-state index in [2.05, 4.69) is 229 Å². The van der Waals surface area contributed by atoms with E-state index in [0.29, 0.717) is 0 Å². The monoisotopic (exact) mass is 723 g/mol. The van der Waals surface area contributed by atoms with Crippen molar-refractivity contribution < 1.29 is 0 Å². The van der Waals surface area contributed by atoms with Crippen LogP contribution in [0.15, 0.2) is 224 Å². The van der Waals surface area contributed by atoms with Gasteiger partial charge in [-0.2, -0.15) is 0 Å². The molecule has 10 aromatic carbocycles. The van der Waals surface area contributed by atoms with Gasteiger partial charge < -0.3 is 4.57 Å². The molecule has 0 saturated carbocycles. The minimum absolute atomic E-state index is 1.16. The van der Waals surface area contributed by atoms with Gasteiger partial charge in [0, 0.05) is 16.5 Å². The van der Waals surface area contributed by atoms with Crippen molar-refractivity contribution in [3.05, 3.63) is 224 Å². The van der Waals surface area contributed by atoms with Crippen LogP contribution in [0.1, 0.15) is 0 Å². The summed E-state index contributed by atoms with van der Waals surface area (Å²) >= 11 is 0. The molecule has 0 fully saturated rings. The van der Waals surface area contributed by atoms with Gasteiger partial charge in [0.25, 0.3) is 0 Å². The molecule has 0 bridgehead atoms. The highest BCUT2D eigenvalue weighted by atomic mass is 15.0. The Morgan fingerprint density at radius 2 is 0.579 bits per heavy atom. The molecule has 0 unspecified atom stereocenters. The second kappa shape index (κ2) is 13.7. The average Bonchev–Trinajstić information content (AvgIpc) is 3.62. The molecular weight excluding hydrogens is 687 g/mol. The number of fused-ring (bicyclic) bond motifs is 5. The summed E-state index contributed by atoms with van der Waals surface area (Å²) in [6.45, 7) is 0. The molecule has 0 radical (unpaired) electrons. The van der Waals surface area contributed by atoms with Crippen LogP contribution in [-0.2, 0) is 0 Å². The smallest absolute Gasteiger partial charge is 0.0541 e. The zero-order chi connectivity index (χ0) is 37.7. The summed E-state index contributed by atoms with van der Waals surface area (Å²) in [6, 6.07) is 81.9. The standard InChI is InChI=1S/C56H37N/c1-2-8-38(9-3-1)40-14-16-41(17-15-40)42-28-31-52(32-29-42)57-55-13-7-6-12-53(55)54-37-51(30-33-56(54)57)44-20-18-43(19-21-44)46-24-25-49-36-50(27-26-48(49)35-46)47-23-22-39-10-4-5-11-45(39)34-47/h1-37H. The van der Waals surface area contributed by atoms with E-state index in [-0.39, 0.29) is 0 Å². The Morgan fingerprint density at radius 3 is 1.19 bits per heavy atom. The van der Waals surface area contributed by atoms with Crippen molar-refractivity contribution >= 4 is 43.4 Å². The van der Waals surface area contributed by atoms with Crippen LogP contribution >= 0.6 is 0 Å². The first-order valence-electron chi connectivity index (χ1n) is 19.7. The van der Waals surface area contributed by atoms with Crippen molar-refractivity contribution in [2.45, 2.75) is 0 Å². The van der Waals surface area contributed by atoms with E-state index in [0.717, 1.165) is 5.69 Å². The summed E-state index contributed by atoms with van der Waals surface area (Å²) < 4.78 is 2.39. The molecule has 0 atom stereocenters. The lowest BCUT2D eigenvalue weighted by molar-refractivity contribution is 1.18. The van der Waals surface area contributed by atoms with Gasteiger partial charge >= 0.3 is 0 Å². The Kier molecular flexibility index (Phi) is 7.89. The topological polar surface area (TPSA) is 4.93 Å². The Bertz CT molecular complexity index is 3240. The van der Waals surface area contributed by atoms with Gasteiger partial charge in [-0.05, 0) is 126 Å². The predicted molar refractivity (Wildman–Crippen MR) is 243 cm³/mol. The van der Waals surface area contributed by atoms with Gasteiger partial charge in [-0.15, -0.1) is 0 Å². The summed E-state index contributed by atoms with van der Waals surface area (Å²) in [6.07, 6.45) is 0. The lowest BCUT2D eigenvalue weighted by atomic mass is 9.95. The van der Waals surface area contributed by atoms with Gasteiger partial charge in [-0.3, -0.25) is 0 Å². The van der Waals surface area contributed by atoms with Gasteiger partial charge in [0.15, 0.2) is 0 Å². The first-order chi connectivity index (χ1) is 28.2. The third-order valence-corrected chi connectivity index (χ3v) is 11.6. The van der Waals surface area contributed by atoms with Crippen LogP contribution in [0.5, 0.6) is 0 Å². The summed E-state index contributed by atoms with van der Waals surface area (Å²) in [5, 5.41) is 7.54. The highest BCUT2D eigenvalue weighted by Crippen LogP contribution is 2.37. The van der Waals surface area contributed by atoms with Crippen LogP contribution in [-0.4, -0.2) is 4.57 Å². The maximum Gasteiger partial charge on any atom is 0.0541 e. The van der Waals surface area contributed by atoms with Crippen LogP contribution < -0.4 is 0 Å². The van der Waals surface area contributed by atoms with E-state index in [1.165, 1.54) is 99.0 Å². The van der Waals surface area contributed by atoms with Crippen molar-refractivity contribution in [3.8, 4) is 61.3 Å². The van der Waals surface area contributed by atoms with Gasteiger partial charge in [0.2, 0.25) is 0 Å². The second-order valence-corrected chi connectivity index (χ2v) is 15.0. The number of rotatable bonds is 6. The minimum Gasteiger partial charge on any atom is -0.309 e. The third kappa shape index (κ3) is 5.98. The number of hydrogen-bond donors (Lipinski definition) is 0. The Hall–Kier alpha value is -7.48. The van der Waals surface area contributed by atoms with E-state index in [9.17, 15) is 0 Å². The van der Waals surface area contributed by atoms with E-state index in [4.69, 9.17) is 0 Å². The molecule has 0 saturated heterocycles. The number of para-hydroxylation sites is 1. The van der Waals surface area contributed by atoms with Crippen molar-refractivity contribution in [3.63, 3.8) is 0 Å². The molecule has 0 N–H and O–H groups in total. The van der Waals surface area contributed by atoms with Crippen molar-refractivity contribution in [2.75, 3.05) is 0 Å². The predicted octanol–water partition coefficient (Wildman–Crippen LogP) is 15.4. The average molecular weight is 724 g/mol. The highest BCUT2D eigenvalue weighted by Gasteiger charge is 2.14. The number of aromatic nitrogens is 1. The molecule has 0 spiro atoms. The SMILES string of the molecule is c1ccc(-c2ccc(-c3ccc(-n4c5ccccc5c5cc(-c6ccc(-c7ccc8cc(-c9ccc%10ccccc%10c9)ccc8c7)cc6)ccc54)cc3)cc2)cc1. The van der Waals surface area contributed by atoms with Gasteiger partial charge in [-0.25, -0.2) is 0 Å². The molecule has 0 amide bonds. The maximum absolute atomic E-state index is 2.39. The van der Waals surface area contributed by atoms with Crippen molar-refractivity contribution in [2.24, 2.45) is 0 Å². The quantitative estimate of drug-likeness (QED) is 0.161. The summed E-state index contributed by atoms with van der Waals surface area (Å²) in [5.74, 6) is 0. The van der Waals surface area contributed by atoms with Gasteiger partial charge in [0.1, 0.15) is 0 Å². The van der Waals surface area contributed by atoms with Crippen LogP contribution in [0.2, 0.25) is 0 Å². The molecule has 57 heavy (non-hydrogen) atoms. The fourth-order valence-corrected chi connectivity index (χ4v) is 8.55. The Labute approximate surface area is 332 Å². The van der Waals surface area contributed by atoms with Crippen LogP contribution in [0.25, 0.3) is 105 Å². The fraction of sp³-hybridized carbons (Fsp3) is 0. The van der Waals surface area contributed by atoms with Crippen LogP contribution in [0.4, 0.5) is 0 Å². The minimum atomic E-state index is 1.16. The Balaban J connectivity index is 0.871. The molecule has 1 nitrogen and oxygen atoms in total. The van der Waals surface area contributed by atoms with Gasteiger partial charge in [-0.1, -0.05) is 176 Å². The number of benzene rings is 10. The molecule has 1 aromatic heterocycles. The molecule has 0 aliphatic rings. The van der Waals surface area contributed by atoms with Crippen molar-refractivity contribution in [1.82, 2.24) is 4.57 Å². The molecule has 1 heterocycles. The first-order valence-corrected chi connectivity index (χ1v) is 19.7. The first kappa shape index (κ1) is 32.9. The number of hydrogen-bond acceptors (Lipinski definition) is 0. The molecule has 0 aliphatic heterocycles. The van der Waals surface area contributed by atoms with Crippen LogP contribution in [0, 0.1) is 0 Å². The normalized spacial score (nSPS) is 11.5. The van der Waals surface area contributed by atoms with Crippen LogP contribution in [0.3, 0.4) is 0 Å². The third-order valence-electron chi connectivity index (χ3n) is 11.6. The van der Waals surface area contributed by atoms with E-state index in [1.54, 1.807) is 0 Å².